The van der Waals surface area contributed by atoms with E-state index in [0.29, 0.717) is 38.6 Å². The lowest BCUT2D eigenvalue weighted by Crippen LogP contribution is -2.49. The molecule has 7 heteroatoms. The van der Waals surface area contributed by atoms with Gasteiger partial charge in [-0.25, -0.2) is 4.79 Å². The van der Waals surface area contributed by atoms with Crippen molar-refractivity contribution in [2.45, 2.75) is 70.8 Å². The molecule has 0 radical (unpaired) electrons. The molecule has 2 fully saturated rings. The van der Waals surface area contributed by atoms with Crippen LogP contribution in [0.1, 0.15) is 64.7 Å². The van der Waals surface area contributed by atoms with Crippen LogP contribution in [0.3, 0.4) is 0 Å². The molecule has 0 atom stereocenters. The van der Waals surface area contributed by atoms with Crippen LogP contribution in [-0.2, 0) is 19.1 Å². The summed E-state index contributed by atoms with van der Waals surface area (Å²) in [4.78, 5) is 40.0. The number of nitrogens with zero attached hydrogens (tertiary/aromatic N) is 2. The smallest absolute Gasteiger partial charge is 0.409 e. The van der Waals surface area contributed by atoms with Crippen molar-refractivity contribution in [3.05, 3.63) is 0 Å². The lowest BCUT2D eigenvalue weighted by Gasteiger charge is -2.38. The second-order valence-corrected chi connectivity index (χ2v) is 7.54. The molecular formula is C20H34N2O5. The largest absolute Gasteiger partial charge is 0.469 e. The first-order valence-electron chi connectivity index (χ1n) is 10.3. The molecule has 0 spiro atoms. The molecule has 2 rings (SSSR count). The summed E-state index contributed by atoms with van der Waals surface area (Å²) < 4.78 is 9.81. The van der Waals surface area contributed by atoms with Gasteiger partial charge in [-0.05, 0) is 38.5 Å². The highest BCUT2D eigenvalue weighted by Crippen LogP contribution is 2.28. The summed E-state index contributed by atoms with van der Waals surface area (Å²) in [5, 5.41) is 0. The van der Waals surface area contributed by atoms with E-state index in [1.807, 2.05) is 4.90 Å². The minimum Gasteiger partial charge on any atom is -0.469 e. The first-order chi connectivity index (χ1) is 13.0. The van der Waals surface area contributed by atoms with E-state index in [1.54, 1.807) is 11.8 Å². The maximum Gasteiger partial charge on any atom is 0.409 e. The normalized spacial score (nSPS) is 18.8. The number of amides is 2. The highest BCUT2D eigenvalue weighted by atomic mass is 16.6. The van der Waals surface area contributed by atoms with Crippen LogP contribution < -0.4 is 0 Å². The number of esters is 1. The first-order valence-corrected chi connectivity index (χ1v) is 10.3. The van der Waals surface area contributed by atoms with E-state index in [4.69, 9.17) is 9.47 Å². The quantitative estimate of drug-likeness (QED) is 0.633. The van der Waals surface area contributed by atoms with E-state index in [1.165, 1.54) is 26.4 Å². The summed E-state index contributed by atoms with van der Waals surface area (Å²) in [5.74, 6) is 0.307. The molecule has 7 nitrogen and oxygen atoms in total. The van der Waals surface area contributed by atoms with Crippen LogP contribution in [0.15, 0.2) is 0 Å². The van der Waals surface area contributed by atoms with Gasteiger partial charge in [-0.2, -0.15) is 0 Å². The molecule has 0 aromatic rings. The third-order valence-electron chi connectivity index (χ3n) is 5.72. The van der Waals surface area contributed by atoms with Crippen LogP contribution in [0, 0.1) is 5.92 Å². The molecule has 27 heavy (non-hydrogen) atoms. The highest BCUT2D eigenvalue weighted by molar-refractivity contribution is 5.78. The molecule has 0 aromatic heterocycles. The number of hydrogen-bond donors (Lipinski definition) is 0. The van der Waals surface area contributed by atoms with Crippen LogP contribution in [0.25, 0.3) is 0 Å². The summed E-state index contributed by atoms with van der Waals surface area (Å²) >= 11 is 0. The fourth-order valence-corrected chi connectivity index (χ4v) is 4.16. The molecule has 2 amide bonds. The van der Waals surface area contributed by atoms with Crippen LogP contribution >= 0.6 is 0 Å². The van der Waals surface area contributed by atoms with E-state index in [2.05, 4.69) is 0 Å². The minimum atomic E-state index is -0.297. The standard InChI is InChI=1S/C20H34N2O5/c1-3-27-20(25)21-12-9-17(10-13-21)22(14-11-19(24)26-2)18(23)15-16-7-5-4-6-8-16/h16-17H,3-15H2,1-2H3. The van der Waals surface area contributed by atoms with E-state index < -0.39 is 0 Å². The predicted molar refractivity (Wildman–Crippen MR) is 101 cm³/mol. The summed E-state index contributed by atoms with van der Waals surface area (Å²) in [6.07, 6.45) is 7.86. The van der Waals surface area contributed by atoms with Crippen LogP contribution in [0.5, 0.6) is 0 Å². The monoisotopic (exact) mass is 382 g/mol. The van der Waals surface area contributed by atoms with Gasteiger partial charge in [-0.15, -0.1) is 0 Å². The molecule has 1 saturated carbocycles. The summed E-state index contributed by atoms with van der Waals surface area (Å²) in [7, 11) is 1.37. The maximum absolute atomic E-state index is 13.0. The number of ether oxygens (including phenoxy) is 2. The topological polar surface area (TPSA) is 76.2 Å². The molecular weight excluding hydrogens is 348 g/mol. The Morgan fingerprint density at radius 1 is 1.04 bits per heavy atom. The maximum atomic E-state index is 13.0. The van der Waals surface area contributed by atoms with Crippen molar-refractivity contribution in [2.75, 3.05) is 33.4 Å². The first kappa shape index (κ1) is 21.5. The molecule has 0 bridgehead atoms. The van der Waals surface area contributed by atoms with Crippen LogP contribution in [0.2, 0.25) is 0 Å². The Balaban J connectivity index is 1.93. The van der Waals surface area contributed by atoms with Crippen molar-refractivity contribution in [3.8, 4) is 0 Å². The number of piperidine rings is 1. The Labute approximate surface area is 162 Å². The number of methoxy groups -OCH3 is 1. The zero-order valence-electron chi connectivity index (χ0n) is 16.8. The van der Waals surface area contributed by atoms with Crippen molar-refractivity contribution in [3.63, 3.8) is 0 Å². The number of carbonyl (C=O) groups is 3. The molecule has 2 aliphatic rings. The fraction of sp³-hybridized carbons (Fsp3) is 0.850. The van der Waals surface area contributed by atoms with Crippen LogP contribution in [0.4, 0.5) is 4.79 Å². The Morgan fingerprint density at radius 3 is 2.30 bits per heavy atom. The third-order valence-corrected chi connectivity index (χ3v) is 5.72. The minimum absolute atomic E-state index is 0.0661. The molecule has 1 aliphatic heterocycles. The molecule has 0 aromatic carbocycles. The second-order valence-electron chi connectivity index (χ2n) is 7.54. The Morgan fingerprint density at radius 2 is 1.70 bits per heavy atom. The summed E-state index contributed by atoms with van der Waals surface area (Å²) in [5.41, 5.74) is 0. The molecule has 0 N–H and O–H groups in total. The van der Waals surface area contributed by atoms with Gasteiger partial charge in [0.15, 0.2) is 0 Å². The molecule has 154 valence electrons. The van der Waals surface area contributed by atoms with Gasteiger partial charge < -0.3 is 19.3 Å². The predicted octanol–water partition coefficient (Wildman–Crippen LogP) is 2.97. The number of hydrogen-bond acceptors (Lipinski definition) is 5. The second kappa shape index (κ2) is 11.1. The Kier molecular flexibility index (Phi) is 8.88. The zero-order valence-corrected chi connectivity index (χ0v) is 16.8. The molecule has 1 heterocycles. The van der Waals surface area contributed by atoms with Crippen molar-refractivity contribution in [2.24, 2.45) is 5.92 Å². The third kappa shape index (κ3) is 6.70. The summed E-state index contributed by atoms with van der Waals surface area (Å²) in [6.45, 7) is 3.71. The Hall–Kier alpha value is -1.79. The van der Waals surface area contributed by atoms with E-state index in [-0.39, 0.29) is 30.4 Å². The van der Waals surface area contributed by atoms with Crippen LogP contribution in [-0.4, -0.2) is 67.2 Å². The lowest BCUT2D eigenvalue weighted by molar-refractivity contribution is -0.142. The SMILES string of the molecule is CCOC(=O)N1CCC(N(CCC(=O)OC)C(=O)CC2CCCCC2)CC1. The van der Waals surface area contributed by atoms with Crippen molar-refractivity contribution >= 4 is 18.0 Å². The average molecular weight is 383 g/mol. The van der Waals surface area contributed by atoms with Gasteiger partial charge >= 0.3 is 12.1 Å². The molecule has 1 saturated heterocycles. The van der Waals surface area contributed by atoms with Crippen molar-refractivity contribution < 1.29 is 23.9 Å². The zero-order chi connectivity index (χ0) is 19.6. The number of likely N-dealkylation sites (tertiary alicyclic amines) is 1. The van der Waals surface area contributed by atoms with Gasteiger partial charge in [-0.3, -0.25) is 9.59 Å². The van der Waals surface area contributed by atoms with E-state index in [0.717, 1.165) is 25.7 Å². The highest BCUT2D eigenvalue weighted by Gasteiger charge is 2.31. The lowest BCUT2D eigenvalue weighted by atomic mass is 9.86. The number of rotatable bonds is 7. The van der Waals surface area contributed by atoms with Crippen molar-refractivity contribution in [1.29, 1.82) is 0 Å². The van der Waals surface area contributed by atoms with Gasteiger partial charge in [0.1, 0.15) is 0 Å². The van der Waals surface area contributed by atoms with Gasteiger partial charge in [0, 0.05) is 32.1 Å². The molecule has 0 unspecified atom stereocenters. The van der Waals surface area contributed by atoms with Gasteiger partial charge in [0.25, 0.3) is 0 Å². The van der Waals surface area contributed by atoms with E-state index in [9.17, 15) is 14.4 Å². The van der Waals surface area contributed by atoms with Crippen molar-refractivity contribution in [1.82, 2.24) is 9.80 Å². The Bertz CT molecular complexity index is 497. The summed E-state index contributed by atoms with van der Waals surface area (Å²) in [6, 6.07) is 0.0661. The fourth-order valence-electron chi connectivity index (χ4n) is 4.16. The number of carbonyl (C=O) groups excluding carboxylic acids is 3. The average Bonchev–Trinajstić information content (AvgIpc) is 2.69. The van der Waals surface area contributed by atoms with E-state index >= 15 is 0 Å². The molecule has 1 aliphatic carbocycles. The van der Waals surface area contributed by atoms with Gasteiger partial charge in [-0.1, -0.05) is 19.3 Å². The van der Waals surface area contributed by atoms with Gasteiger partial charge in [0.2, 0.25) is 5.91 Å². The van der Waals surface area contributed by atoms with Gasteiger partial charge in [0.05, 0.1) is 20.1 Å².